The average Bonchev–Trinajstić information content (AvgIpc) is 2.89. The second-order valence-corrected chi connectivity index (χ2v) is 7.16. The molecule has 0 aliphatic carbocycles. The summed E-state index contributed by atoms with van der Waals surface area (Å²) in [7, 11) is 2.21. The van der Waals surface area contributed by atoms with Gasteiger partial charge in [-0.1, -0.05) is 41.1 Å². The first kappa shape index (κ1) is 16.2. The van der Waals surface area contributed by atoms with Gasteiger partial charge in [0, 0.05) is 5.69 Å². The van der Waals surface area contributed by atoms with Crippen molar-refractivity contribution >= 4 is 40.0 Å². The number of likely N-dealkylation sites (N-methyl/N-ethyl adjacent to an activating group) is 1. The second-order valence-electron chi connectivity index (χ2n) is 5.77. The number of para-hydroxylation sites is 1. The van der Waals surface area contributed by atoms with E-state index in [9.17, 15) is 0 Å². The number of hydrazone groups is 1. The van der Waals surface area contributed by atoms with Crippen LogP contribution in [0.3, 0.4) is 0 Å². The van der Waals surface area contributed by atoms with Crippen LogP contribution in [0, 0.1) is 6.92 Å². The van der Waals surface area contributed by atoms with Gasteiger partial charge in [-0.05, 0) is 18.6 Å². The number of thiazole rings is 1. The third-order valence-corrected chi connectivity index (χ3v) is 5.23. The standard InChI is InChI=1S/C16H20ClN5S/c1-12-5-3-4-6-13(12)19-16-20-15(17)14(23-16)11-18-22-9-7-21(2)8-10-22/h3-6,11H,7-10H2,1-2H3,(H,19,20)/p+1/b18-11+. The van der Waals surface area contributed by atoms with Crippen molar-refractivity contribution < 1.29 is 4.90 Å². The lowest BCUT2D eigenvalue weighted by Crippen LogP contribution is -3.11. The fraction of sp³-hybridized carbons (Fsp3) is 0.375. The van der Waals surface area contributed by atoms with Crippen molar-refractivity contribution in [1.82, 2.24) is 9.99 Å². The lowest BCUT2D eigenvalue weighted by molar-refractivity contribution is -0.884. The van der Waals surface area contributed by atoms with E-state index < -0.39 is 0 Å². The van der Waals surface area contributed by atoms with E-state index in [4.69, 9.17) is 11.6 Å². The van der Waals surface area contributed by atoms with Crippen molar-refractivity contribution in [3.8, 4) is 0 Å². The number of nitrogens with one attached hydrogen (secondary N) is 2. The molecule has 2 aromatic rings. The molecule has 0 bridgehead atoms. The Morgan fingerprint density at radius 2 is 2.09 bits per heavy atom. The highest BCUT2D eigenvalue weighted by atomic mass is 35.5. The van der Waals surface area contributed by atoms with E-state index in [0.29, 0.717) is 5.15 Å². The normalized spacial score (nSPS) is 16.2. The summed E-state index contributed by atoms with van der Waals surface area (Å²) in [4.78, 5) is 6.82. The van der Waals surface area contributed by atoms with Gasteiger partial charge in [-0.3, -0.25) is 5.01 Å². The number of halogens is 1. The zero-order valence-corrected chi connectivity index (χ0v) is 14.9. The summed E-state index contributed by atoms with van der Waals surface area (Å²) in [5.41, 5.74) is 2.22. The summed E-state index contributed by atoms with van der Waals surface area (Å²) >= 11 is 7.75. The Bertz CT molecular complexity index is 692. The number of nitrogens with zero attached hydrogens (tertiary/aromatic N) is 3. The fourth-order valence-corrected chi connectivity index (χ4v) is 3.44. The predicted molar refractivity (Wildman–Crippen MR) is 97.4 cm³/mol. The van der Waals surface area contributed by atoms with E-state index >= 15 is 0 Å². The highest BCUT2D eigenvalue weighted by Crippen LogP contribution is 2.29. The van der Waals surface area contributed by atoms with Gasteiger partial charge in [-0.25, -0.2) is 4.98 Å². The van der Waals surface area contributed by atoms with E-state index in [1.807, 2.05) is 24.4 Å². The van der Waals surface area contributed by atoms with Gasteiger partial charge in [-0.2, -0.15) is 5.10 Å². The summed E-state index contributed by atoms with van der Waals surface area (Å²) in [5.74, 6) is 0. The summed E-state index contributed by atoms with van der Waals surface area (Å²) < 4.78 is 0. The molecule has 2 N–H and O–H groups in total. The van der Waals surface area contributed by atoms with Crippen molar-refractivity contribution in [3.05, 3.63) is 39.9 Å². The third-order valence-electron chi connectivity index (χ3n) is 3.93. The molecule has 23 heavy (non-hydrogen) atoms. The van der Waals surface area contributed by atoms with Crippen LogP contribution in [0.4, 0.5) is 10.8 Å². The predicted octanol–water partition coefficient (Wildman–Crippen LogP) is 2.01. The molecule has 0 spiro atoms. The van der Waals surface area contributed by atoms with E-state index in [1.54, 1.807) is 4.90 Å². The second kappa shape index (κ2) is 7.29. The van der Waals surface area contributed by atoms with Gasteiger partial charge < -0.3 is 10.2 Å². The Hall–Kier alpha value is -1.63. The lowest BCUT2D eigenvalue weighted by atomic mass is 10.2. The lowest BCUT2D eigenvalue weighted by Gasteiger charge is -2.27. The van der Waals surface area contributed by atoms with Crippen molar-refractivity contribution in [2.24, 2.45) is 5.10 Å². The molecule has 1 fully saturated rings. The Balaban J connectivity index is 1.67. The molecule has 1 aromatic carbocycles. The molecule has 122 valence electrons. The zero-order valence-electron chi connectivity index (χ0n) is 13.3. The maximum atomic E-state index is 6.24. The van der Waals surface area contributed by atoms with Gasteiger partial charge in [0.15, 0.2) is 10.3 Å². The molecule has 1 aromatic heterocycles. The number of hydrogen-bond acceptors (Lipinski definition) is 5. The van der Waals surface area contributed by atoms with E-state index in [2.05, 4.69) is 40.4 Å². The van der Waals surface area contributed by atoms with Crippen molar-refractivity contribution in [1.29, 1.82) is 0 Å². The Labute approximate surface area is 145 Å². The summed E-state index contributed by atoms with van der Waals surface area (Å²) in [5, 5.41) is 11.2. The van der Waals surface area contributed by atoms with Gasteiger partial charge in [0.1, 0.15) is 0 Å². The minimum Gasteiger partial charge on any atom is -0.334 e. The van der Waals surface area contributed by atoms with Crippen LogP contribution in [0.2, 0.25) is 5.15 Å². The quantitative estimate of drug-likeness (QED) is 0.829. The molecular formula is C16H21ClN5S+. The Morgan fingerprint density at radius 3 is 2.83 bits per heavy atom. The zero-order chi connectivity index (χ0) is 16.2. The molecule has 1 saturated heterocycles. The van der Waals surface area contributed by atoms with Gasteiger partial charge >= 0.3 is 0 Å². The van der Waals surface area contributed by atoms with Crippen LogP contribution in [0.15, 0.2) is 29.4 Å². The summed E-state index contributed by atoms with van der Waals surface area (Å²) in [6.07, 6.45) is 1.82. The first-order valence-electron chi connectivity index (χ1n) is 7.71. The highest BCUT2D eigenvalue weighted by molar-refractivity contribution is 7.17. The maximum absolute atomic E-state index is 6.24. The monoisotopic (exact) mass is 350 g/mol. The molecule has 0 unspecified atom stereocenters. The van der Waals surface area contributed by atoms with Crippen molar-refractivity contribution in [2.75, 3.05) is 38.5 Å². The minimum absolute atomic E-state index is 0.495. The Kier molecular flexibility index (Phi) is 5.15. The Morgan fingerprint density at radius 1 is 1.35 bits per heavy atom. The minimum atomic E-state index is 0.495. The average molecular weight is 351 g/mol. The SMILES string of the molecule is Cc1ccccc1Nc1nc(Cl)c(/C=N/N2CC[NH+](C)CC2)s1. The fourth-order valence-electron chi connectivity index (χ4n) is 2.40. The van der Waals surface area contributed by atoms with Crippen LogP contribution in [0.1, 0.15) is 10.4 Å². The van der Waals surface area contributed by atoms with Crippen LogP contribution in [-0.4, -0.2) is 49.4 Å². The molecule has 0 atom stereocenters. The van der Waals surface area contributed by atoms with E-state index in [1.165, 1.54) is 16.9 Å². The first-order chi connectivity index (χ1) is 11.1. The molecule has 1 aliphatic rings. The number of benzene rings is 1. The molecule has 7 heteroatoms. The van der Waals surface area contributed by atoms with Gasteiger partial charge in [0.2, 0.25) is 0 Å². The molecule has 3 rings (SSSR count). The smallest absolute Gasteiger partial charge is 0.189 e. The molecule has 1 aliphatic heterocycles. The molecular weight excluding hydrogens is 330 g/mol. The van der Waals surface area contributed by atoms with Crippen LogP contribution in [0.5, 0.6) is 0 Å². The van der Waals surface area contributed by atoms with E-state index in [-0.39, 0.29) is 0 Å². The number of hydrogen-bond donors (Lipinski definition) is 2. The number of aryl methyl sites for hydroxylation is 1. The molecule has 0 radical (unpaired) electrons. The molecule has 2 heterocycles. The molecule has 5 nitrogen and oxygen atoms in total. The number of quaternary nitrogens is 1. The molecule has 0 amide bonds. The summed E-state index contributed by atoms with van der Waals surface area (Å²) in [6.45, 7) is 6.26. The largest absolute Gasteiger partial charge is 0.334 e. The van der Waals surface area contributed by atoms with Crippen molar-refractivity contribution in [3.63, 3.8) is 0 Å². The first-order valence-corrected chi connectivity index (χ1v) is 8.90. The number of aromatic nitrogens is 1. The van der Waals surface area contributed by atoms with E-state index in [0.717, 1.165) is 41.9 Å². The number of piperazine rings is 1. The van der Waals surface area contributed by atoms with Gasteiger partial charge in [0.25, 0.3) is 0 Å². The highest BCUT2D eigenvalue weighted by Gasteiger charge is 2.15. The number of anilines is 2. The van der Waals surface area contributed by atoms with Gasteiger partial charge in [0.05, 0.1) is 44.3 Å². The van der Waals surface area contributed by atoms with Gasteiger partial charge in [-0.15, -0.1) is 0 Å². The van der Waals surface area contributed by atoms with Crippen LogP contribution in [0.25, 0.3) is 0 Å². The van der Waals surface area contributed by atoms with Crippen molar-refractivity contribution in [2.45, 2.75) is 6.92 Å². The maximum Gasteiger partial charge on any atom is 0.189 e. The number of rotatable bonds is 4. The molecule has 0 saturated carbocycles. The summed E-state index contributed by atoms with van der Waals surface area (Å²) in [6, 6.07) is 8.12. The topological polar surface area (TPSA) is 45.0 Å². The van der Waals surface area contributed by atoms with Crippen LogP contribution in [-0.2, 0) is 0 Å². The van der Waals surface area contributed by atoms with Crippen LogP contribution < -0.4 is 10.2 Å². The third kappa shape index (κ3) is 4.22. The van der Waals surface area contributed by atoms with Crippen LogP contribution >= 0.6 is 22.9 Å².